The minimum Gasteiger partial charge on any atom is -0.399 e. The van der Waals surface area contributed by atoms with Gasteiger partial charge in [-0.3, -0.25) is 19.4 Å². The molecule has 2 saturated heterocycles. The molecular formula is C19H25BN2O5. The van der Waals surface area contributed by atoms with Gasteiger partial charge in [0.2, 0.25) is 11.8 Å². The van der Waals surface area contributed by atoms with Crippen LogP contribution in [0.25, 0.3) is 0 Å². The summed E-state index contributed by atoms with van der Waals surface area (Å²) in [6.45, 7) is 7.98. The quantitative estimate of drug-likeness (QED) is 0.589. The van der Waals surface area contributed by atoms with E-state index in [1.807, 2.05) is 52.0 Å². The maximum absolute atomic E-state index is 12.3. The van der Waals surface area contributed by atoms with Crippen molar-refractivity contribution in [3.63, 3.8) is 0 Å². The van der Waals surface area contributed by atoms with Crippen LogP contribution in [-0.2, 0) is 25.3 Å². The van der Waals surface area contributed by atoms with Gasteiger partial charge >= 0.3 is 13.1 Å². The number of benzene rings is 1. The number of urea groups is 1. The van der Waals surface area contributed by atoms with Crippen molar-refractivity contribution in [3.05, 3.63) is 29.8 Å². The first kappa shape index (κ1) is 19.6. The number of amides is 4. The van der Waals surface area contributed by atoms with E-state index >= 15 is 0 Å². The molecule has 27 heavy (non-hydrogen) atoms. The number of carbonyl (C=O) groups is 3. The van der Waals surface area contributed by atoms with E-state index in [1.54, 1.807) is 0 Å². The van der Waals surface area contributed by atoms with E-state index in [-0.39, 0.29) is 6.42 Å². The zero-order chi connectivity index (χ0) is 20.1. The van der Waals surface area contributed by atoms with Crippen LogP contribution in [0.4, 0.5) is 4.79 Å². The van der Waals surface area contributed by atoms with Crippen molar-refractivity contribution in [1.82, 2.24) is 9.80 Å². The molecule has 0 unspecified atom stereocenters. The Kier molecular flexibility index (Phi) is 4.68. The maximum Gasteiger partial charge on any atom is 0.494 e. The largest absolute Gasteiger partial charge is 0.494 e. The molecule has 7 nitrogen and oxygen atoms in total. The number of imide groups is 2. The van der Waals surface area contributed by atoms with Crippen LogP contribution in [0.3, 0.4) is 0 Å². The van der Waals surface area contributed by atoms with Crippen LogP contribution in [0.5, 0.6) is 0 Å². The third-order valence-corrected chi connectivity index (χ3v) is 5.78. The second-order valence-electron chi connectivity index (χ2n) is 8.16. The van der Waals surface area contributed by atoms with Crippen LogP contribution in [0.2, 0.25) is 0 Å². The molecule has 0 bridgehead atoms. The first-order valence-electron chi connectivity index (χ1n) is 8.98. The lowest BCUT2D eigenvalue weighted by Gasteiger charge is -2.32. The summed E-state index contributed by atoms with van der Waals surface area (Å²) in [5, 5.41) is 0. The monoisotopic (exact) mass is 372 g/mol. The van der Waals surface area contributed by atoms with Crippen LogP contribution in [-0.4, -0.2) is 60.1 Å². The lowest BCUT2D eigenvalue weighted by molar-refractivity contribution is -0.147. The number of nitrogens with zero attached hydrogens (tertiary/aromatic N) is 2. The molecular weight excluding hydrogens is 347 g/mol. The molecule has 0 atom stereocenters. The Hall–Kier alpha value is -2.19. The van der Waals surface area contributed by atoms with Gasteiger partial charge in [-0.05, 0) is 45.1 Å². The Morgan fingerprint density at radius 2 is 1.33 bits per heavy atom. The van der Waals surface area contributed by atoms with Gasteiger partial charge in [-0.15, -0.1) is 0 Å². The third kappa shape index (κ3) is 3.28. The normalized spacial score (nSPS) is 22.7. The van der Waals surface area contributed by atoms with Crippen molar-refractivity contribution in [1.29, 1.82) is 0 Å². The van der Waals surface area contributed by atoms with E-state index < -0.39 is 42.1 Å². The fraction of sp³-hybridized carbons (Fsp3) is 0.526. The Balaban J connectivity index is 1.74. The van der Waals surface area contributed by atoms with E-state index in [0.717, 1.165) is 20.8 Å². The van der Waals surface area contributed by atoms with Gasteiger partial charge in [0.15, 0.2) is 0 Å². The maximum atomic E-state index is 12.3. The second-order valence-corrected chi connectivity index (χ2v) is 8.16. The molecule has 2 aliphatic heterocycles. The molecule has 1 aromatic carbocycles. The average molecular weight is 372 g/mol. The molecule has 0 spiro atoms. The Bertz CT molecular complexity index is 750. The molecule has 8 heteroatoms. The number of barbiturate groups is 1. The van der Waals surface area contributed by atoms with E-state index in [0.29, 0.717) is 0 Å². The zero-order valence-electron chi connectivity index (χ0n) is 16.6. The fourth-order valence-electron chi connectivity index (χ4n) is 3.19. The summed E-state index contributed by atoms with van der Waals surface area (Å²) in [6, 6.07) is 6.88. The van der Waals surface area contributed by atoms with E-state index in [1.165, 1.54) is 14.1 Å². The van der Waals surface area contributed by atoms with Crippen molar-refractivity contribution in [3.8, 4) is 0 Å². The molecule has 144 valence electrons. The topological polar surface area (TPSA) is 76.2 Å². The molecule has 0 radical (unpaired) electrons. The molecule has 2 heterocycles. The summed E-state index contributed by atoms with van der Waals surface area (Å²) in [5.41, 5.74) is 0.874. The summed E-state index contributed by atoms with van der Waals surface area (Å²) >= 11 is 0. The summed E-state index contributed by atoms with van der Waals surface area (Å²) < 4.78 is 12.1. The summed E-state index contributed by atoms with van der Waals surface area (Å²) in [6.07, 6.45) is 0.239. The molecule has 0 N–H and O–H groups in total. The van der Waals surface area contributed by atoms with Gasteiger partial charge in [-0.2, -0.15) is 0 Å². The first-order valence-corrected chi connectivity index (χ1v) is 8.98. The highest BCUT2D eigenvalue weighted by Gasteiger charge is 2.51. The Morgan fingerprint density at radius 3 is 1.78 bits per heavy atom. The summed E-state index contributed by atoms with van der Waals surface area (Å²) in [5.74, 6) is -1.84. The van der Waals surface area contributed by atoms with Gasteiger partial charge in [-0.1, -0.05) is 24.3 Å². The highest BCUT2D eigenvalue weighted by molar-refractivity contribution is 6.62. The van der Waals surface area contributed by atoms with Gasteiger partial charge < -0.3 is 9.31 Å². The summed E-state index contributed by atoms with van der Waals surface area (Å²) in [4.78, 5) is 38.5. The van der Waals surface area contributed by atoms with Crippen molar-refractivity contribution in [2.45, 2.75) is 45.3 Å². The van der Waals surface area contributed by atoms with Crippen LogP contribution >= 0.6 is 0 Å². The van der Waals surface area contributed by atoms with Crippen molar-refractivity contribution >= 4 is 30.4 Å². The SMILES string of the molecule is CN1C(=O)C(Cc2ccc(B3OC(C)(C)C(C)(C)O3)cc2)C(=O)N(C)C1=O. The number of rotatable bonds is 3. The highest BCUT2D eigenvalue weighted by Crippen LogP contribution is 2.36. The molecule has 0 saturated carbocycles. The van der Waals surface area contributed by atoms with Crippen LogP contribution in [0, 0.1) is 5.92 Å². The minimum absolute atomic E-state index is 0.239. The second kappa shape index (κ2) is 6.46. The molecule has 4 amide bonds. The van der Waals surface area contributed by atoms with Crippen LogP contribution in [0.15, 0.2) is 24.3 Å². The molecule has 3 rings (SSSR count). The van der Waals surface area contributed by atoms with E-state index in [2.05, 4.69) is 0 Å². The van der Waals surface area contributed by atoms with Crippen LogP contribution < -0.4 is 5.46 Å². The molecule has 0 aromatic heterocycles. The molecule has 0 aliphatic carbocycles. The predicted octanol–water partition coefficient (Wildman–Crippen LogP) is 1.19. The van der Waals surface area contributed by atoms with Crippen molar-refractivity contribution in [2.75, 3.05) is 14.1 Å². The minimum atomic E-state index is -0.889. The van der Waals surface area contributed by atoms with Crippen LogP contribution in [0.1, 0.15) is 33.3 Å². The van der Waals surface area contributed by atoms with Gasteiger partial charge in [0, 0.05) is 14.1 Å². The smallest absolute Gasteiger partial charge is 0.399 e. The molecule has 2 fully saturated rings. The van der Waals surface area contributed by atoms with Gasteiger partial charge in [0.25, 0.3) is 0 Å². The number of carbonyl (C=O) groups excluding carboxylic acids is 3. The standard InChI is InChI=1S/C19H25BN2O5/c1-18(2)19(3,4)27-20(26-18)13-9-7-12(8-10-13)11-14-15(23)21(5)17(25)22(6)16(14)24/h7-10,14H,11H2,1-6H3. The average Bonchev–Trinajstić information content (AvgIpc) is 2.83. The van der Waals surface area contributed by atoms with Gasteiger partial charge in [0.05, 0.1) is 11.2 Å². The van der Waals surface area contributed by atoms with E-state index in [9.17, 15) is 14.4 Å². The lowest BCUT2D eigenvalue weighted by Crippen LogP contribution is -2.57. The summed E-state index contributed by atoms with van der Waals surface area (Å²) in [7, 11) is 2.32. The van der Waals surface area contributed by atoms with Crippen molar-refractivity contribution < 1.29 is 23.7 Å². The third-order valence-electron chi connectivity index (χ3n) is 5.78. The predicted molar refractivity (Wildman–Crippen MR) is 100 cm³/mol. The zero-order valence-corrected chi connectivity index (χ0v) is 16.6. The Labute approximate surface area is 159 Å². The van der Waals surface area contributed by atoms with Gasteiger partial charge in [-0.25, -0.2) is 4.79 Å². The number of hydrogen-bond acceptors (Lipinski definition) is 5. The lowest BCUT2D eigenvalue weighted by atomic mass is 9.78. The molecule has 2 aliphatic rings. The fourth-order valence-corrected chi connectivity index (χ4v) is 3.19. The Morgan fingerprint density at radius 1 is 0.889 bits per heavy atom. The van der Waals surface area contributed by atoms with Crippen molar-refractivity contribution in [2.24, 2.45) is 5.92 Å². The van der Waals surface area contributed by atoms with Gasteiger partial charge in [0.1, 0.15) is 5.92 Å². The van der Waals surface area contributed by atoms with E-state index in [4.69, 9.17) is 9.31 Å². The highest BCUT2D eigenvalue weighted by atomic mass is 16.7. The molecule has 1 aromatic rings. The number of hydrogen-bond donors (Lipinski definition) is 0. The first-order chi connectivity index (χ1) is 12.4.